The average Bonchev–Trinajstić information content (AvgIpc) is 3.01. The highest BCUT2D eigenvalue weighted by Gasteiger charge is 2.30. The highest BCUT2D eigenvalue weighted by molar-refractivity contribution is 14.0. The van der Waals surface area contributed by atoms with E-state index in [1.54, 1.807) is 0 Å². The van der Waals surface area contributed by atoms with Gasteiger partial charge in [0.15, 0.2) is 5.96 Å². The molecule has 2 aliphatic heterocycles. The number of piperidine rings is 1. The lowest BCUT2D eigenvalue weighted by Crippen LogP contribution is -2.51. The third kappa shape index (κ3) is 7.04. The Balaban J connectivity index is 0.00000288. The molecule has 2 atom stereocenters. The normalized spacial score (nSPS) is 28.5. The summed E-state index contributed by atoms with van der Waals surface area (Å²) < 4.78 is 5.84. The van der Waals surface area contributed by atoms with Gasteiger partial charge < -0.3 is 15.4 Å². The minimum Gasteiger partial charge on any atom is -0.373 e. The van der Waals surface area contributed by atoms with Crippen LogP contribution in [0.4, 0.5) is 0 Å². The summed E-state index contributed by atoms with van der Waals surface area (Å²) in [5.74, 6) is 0.905. The molecule has 0 bridgehead atoms. The summed E-state index contributed by atoms with van der Waals surface area (Å²) in [6, 6.07) is 0.646. The van der Waals surface area contributed by atoms with Crippen LogP contribution < -0.4 is 10.6 Å². The van der Waals surface area contributed by atoms with Crippen molar-refractivity contribution in [1.82, 2.24) is 15.5 Å². The van der Waals surface area contributed by atoms with Crippen molar-refractivity contribution in [1.29, 1.82) is 0 Å². The molecule has 0 aromatic carbocycles. The SMILES string of the molecule is CCCCN1CCCCC1CNC(=NC)NCC1(C)CCCO1.I. The van der Waals surface area contributed by atoms with Crippen molar-refractivity contribution in [2.45, 2.75) is 70.4 Å². The first-order valence-electron chi connectivity index (χ1n) is 9.49. The number of hydrogen-bond acceptors (Lipinski definition) is 3. The van der Waals surface area contributed by atoms with Gasteiger partial charge in [-0.15, -0.1) is 24.0 Å². The summed E-state index contributed by atoms with van der Waals surface area (Å²) in [7, 11) is 1.85. The van der Waals surface area contributed by atoms with E-state index in [0.717, 1.165) is 32.1 Å². The Morgan fingerprint density at radius 3 is 2.79 bits per heavy atom. The van der Waals surface area contributed by atoms with Crippen LogP contribution in [0.15, 0.2) is 4.99 Å². The minimum atomic E-state index is -0.0321. The molecule has 142 valence electrons. The largest absolute Gasteiger partial charge is 0.373 e. The molecule has 6 heteroatoms. The molecule has 2 fully saturated rings. The zero-order chi connectivity index (χ0) is 16.5. The second-order valence-corrected chi connectivity index (χ2v) is 7.25. The van der Waals surface area contributed by atoms with E-state index < -0.39 is 0 Å². The van der Waals surface area contributed by atoms with Gasteiger partial charge in [-0.3, -0.25) is 9.89 Å². The van der Waals surface area contributed by atoms with Gasteiger partial charge in [0.1, 0.15) is 0 Å². The topological polar surface area (TPSA) is 48.9 Å². The molecule has 0 aromatic heterocycles. The van der Waals surface area contributed by atoms with Gasteiger partial charge >= 0.3 is 0 Å². The van der Waals surface area contributed by atoms with Crippen molar-refractivity contribution in [2.24, 2.45) is 4.99 Å². The van der Waals surface area contributed by atoms with Gasteiger partial charge in [0.2, 0.25) is 0 Å². The zero-order valence-electron chi connectivity index (χ0n) is 15.8. The summed E-state index contributed by atoms with van der Waals surface area (Å²) >= 11 is 0. The number of nitrogens with one attached hydrogen (secondary N) is 2. The maximum atomic E-state index is 5.84. The Bertz CT molecular complexity index is 372. The van der Waals surface area contributed by atoms with E-state index in [1.165, 1.54) is 51.6 Å². The fourth-order valence-corrected chi connectivity index (χ4v) is 3.63. The summed E-state index contributed by atoms with van der Waals surface area (Å²) in [4.78, 5) is 7.03. The Labute approximate surface area is 165 Å². The summed E-state index contributed by atoms with van der Waals surface area (Å²) in [6.07, 6.45) is 8.88. The second-order valence-electron chi connectivity index (χ2n) is 7.25. The molecule has 24 heavy (non-hydrogen) atoms. The zero-order valence-corrected chi connectivity index (χ0v) is 18.1. The van der Waals surface area contributed by atoms with Crippen molar-refractivity contribution in [3.63, 3.8) is 0 Å². The summed E-state index contributed by atoms with van der Waals surface area (Å²) in [5, 5.41) is 6.97. The number of unbranched alkanes of at least 4 members (excludes halogenated alkanes) is 1. The fourth-order valence-electron chi connectivity index (χ4n) is 3.63. The van der Waals surface area contributed by atoms with Crippen molar-refractivity contribution in [2.75, 3.05) is 39.8 Å². The van der Waals surface area contributed by atoms with Crippen LogP contribution in [0.3, 0.4) is 0 Å². The van der Waals surface area contributed by atoms with Crippen LogP contribution in [0, 0.1) is 0 Å². The second kappa shape index (κ2) is 11.5. The van der Waals surface area contributed by atoms with Gasteiger partial charge in [-0.1, -0.05) is 19.8 Å². The Kier molecular flexibility index (Phi) is 10.5. The van der Waals surface area contributed by atoms with Crippen LogP contribution >= 0.6 is 24.0 Å². The van der Waals surface area contributed by atoms with Crippen molar-refractivity contribution >= 4 is 29.9 Å². The van der Waals surface area contributed by atoms with E-state index in [1.807, 2.05) is 7.05 Å². The lowest BCUT2D eigenvalue weighted by Gasteiger charge is -2.36. The van der Waals surface area contributed by atoms with Crippen LogP contribution in [0.1, 0.15) is 58.8 Å². The molecule has 0 amide bonds. The molecule has 0 aromatic rings. The molecule has 0 spiro atoms. The molecule has 2 aliphatic rings. The molecule has 2 rings (SSSR count). The third-order valence-electron chi connectivity index (χ3n) is 5.21. The maximum absolute atomic E-state index is 5.84. The molecule has 2 N–H and O–H groups in total. The van der Waals surface area contributed by atoms with Crippen LogP contribution in [0.2, 0.25) is 0 Å². The number of rotatable bonds is 7. The van der Waals surface area contributed by atoms with Gasteiger partial charge in [-0.05, 0) is 52.1 Å². The monoisotopic (exact) mass is 452 g/mol. The van der Waals surface area contributed by atoms with Gasteiger partial charge in [-0.25, -0.2) is 0 Å². The highest BCUT2D eigenvalue weighted by Crippen LogP contribution is 2.23. The standard InChI is InChI=1S/C18H36N4O.HI/c1-4-5-11-22-12-7-6-9-16(22)14-20-17(19-3)21-15-18(2)10-8-13-23-18;/h16H,4-15H2,1-3H3,(H2,19,20,21);1H. The quantitative estimate of drug-likeness (QED) is 0.354. The molecule has 2 heterocycles. The van der Waals surface area contributed by atoms with E-state index >= 15 is 0 Å². The highest BCUT2D eigenvalue weighted by atomic mass is 127. The maximum Gasteiger partial charge on any atom is 0.191 e. The van der Waals surface area contributed by atoms with Crippen molar-refractivity contribution in [3.05, 3.63) is 0 Å². The number of guanidine groups is 1. The Morgan fingerprint density at radius 2 is 2.12 bits per heavy atom. The van der Waals surface area contributed by atoms with Crippen LogP contribution in [-0.2, 0) is 4.74 Å². The number of aliphatic imine (C=N–C) groups is 1. The minimum absolute atomic E-state index is 0. The molecular weight excluding hydrogens is 415 g/mol. The number of nitrogens with zero attached hydrogens (tertiary/aromatic N) is 2. The summed E-state index contributed by atoms with van der Waals surface area (Å²) in [5.41, 5.74) is -0.0321. The molecular formula is C18H37IN4O. The van der Waals surface area contributed by atoms with Crippen LogP contribution in [0.5, 0.6) is 0 Å². The molecule has 5 nitrogen and oxygen atoms in total. The van der Waals surface area contributed by atoms with Crippen LogP contribution in [0.25, 0.3) is 0 Å². The van der Waals surface area contributed by atoms with Gasteiger partial charge in [0.05, 0.1) is 5.60 Å². The number of halogens is 1. The first-order chi connectivity index (χ1) is 11.2. The van der Waals surface area contributed by atoms with E-state index in [4.69, 9.17) is 4.74 Å². The van der Waals surface area contributed by atoms with Crippen molar-refractivity contribution < 1.29 is 4.74 Å². The van der Waals surface area contributed by atoms with E-state index in [9.17, 15) is 0 Å². The number of ether oxygens (including phenoxy) is 1. The molecule has 0 radical (unpaired) electrons. The Hall–Kier alpha value is -0.0800. The molecule has 2 unspecified atom stereocenters. The van der Waals surface area contributed by atoms with E-state index in [0.29, 0.717) is 6.04 Å². The first kappa shape index (κ1) is 22.0. The van der Waals surface area contributed by atoms with Crippen LogP contribution in [-0.4, -0.2) is 62.3 Å². The fraction of sp³-hybridized carbons (Fsp3) is 0.944. The predicted molar refractivity (Wildman–Crippen MR) is 112 cm³/mol. The lowest BCUT2D eigenvalue weighted by molar-refractivity contribution is 0.0242. The molecule has 0 aliphatic carbocycles. The summed E-state index contributed by atoms with van der Waals surface area (Å²) in [6.45, 7) is 9.66. The van der Waals surface area contributed by atoms with Gasteiger partial charge in [0, 0.05) is 32.8 Å². The van der Waals surface area contributed by atoms with Gasteiger partial charge in [-0.2, -0.15) is 0 Å². The average molecular weight is 452 g/mol. The lowest BCUT2D eigenvalue weighted by atomic mass is 10.0. The Morgan fingerprint density at radius 1 is 1.29 bits per heavy atom. The van der Waals surface area contributed by atoms with E-state index in [-0.39, 0.29) is 29.6 Å². The molecule has 0 saturated carbocycles. The number of hydrogen-bond donors (Lipinski definition) is 2. The number of likely N-dealkylation sites (tertiary alicyclic amines) is 1. The van der Waals surface area contributed by atoms with E-state index in [2.05, 4.69) is 34.4 Å². The smallest absolute Gasteiger partial charge is 0.191 e. The van der Waals surface area contributed by atoms with Crippen molar-refractivity contribution in [3.8, 4) is 0 Å². The third-order valence-corrected chi connectivity index (χ3v) is 5.21. The predicted octanol–water partition coefficient (Wildman–Crippen LogP) is 2.99. The molecule has 2 saturated heterocycles. The first-order valence-corrected chi connectivity index (χ1v) is 9.49. The van der Waals surface area contributed by atoms with Gasteiger partial charge in [0.25, 0.3) is 0 Å².